The third kappa shape index (κ3) is 3.71. The van der Waals surface area contributed by atoms with Crippen molar-refractivity contribution in [3.63, 3.8) is 0 Å². The van der Waals surface area contributed by atoms with Gasteiger partial charge in [-0.2, -0.15) is 10.2 Å². The van der Waals surface area contributed by atoms with Crippen molar-refractivity contribution < 1.29 is 9.53 Å². The van der Waals surface area contributed by atoms with Crippen molar-refractivity contribution in [2.24, 2.45) is 0 Å². The van der Waals surface area contributed by atoms with Gasteiger partial charge in [0.1, 0.15) is 11.4 Å². The van der Waals surface area contributed by atoms with E-state index < -0.39 is 0 Å². The van der Waals surface area contributed by atoms with Gasteiger partial charge in [-0.05, 0) is 50.2 Å². The third-order valence-electron chi connectivity index (χ3n) is 3.98. The fraction of sp³-hybridized carbons (Fsp3) is 0.278. The van der Waals surface area contributed by atoms with Gasteiger partial charge in [0, 0.05) is 18.3 Å². The molecule has 1 aromatic carbocycles. The Hall–Kier alpha value is -3.09. The molecule has 0 aliphatic carbocycles. The Morgan fingerprint density at radius 2 is 2.08 bits per heavy atom. The molecule has 0 saturated carbocycles. The molecule has 1 atom stereocenters. The molecule has 1 unspecified atom stereocenters. The average molecular weight is 339 g/mol. The first-order valence-corrected chi connectivity index (χ1v) is 8.14. The first kappa shape index (κ1) is 16.8. The number of aryl methyl sites for hydroxylation is 1. The van der Waals surface area contributed by atoms with Crippen LogP contribution in [0.5, 0.6) is 5.75 Å². The molecular formula is C18H21N5O2. The van der Waals surface area contributed by atoms with E-state index >= 15 is 0 Å². The minimum atomic E-state index is -0.217. The molecule has 0 saturated heterocycles. The summed E-state index contributed by atoms with van der Waals surface area (Å²) in [7, 11) is 1.62. The van der Waals surface area contributed by atoms with Crippen LogP contribution in [0.3, 0.4) is 0 Å². The van der Waals surface area contributed by atoms with Gasteiger partial charge >= 0.3 is 0 Å². The Labute approximate surface area is 146 Å². The molecule has 2 heterocycles. The summed E-state index contributed by atoms with van der Waals surface area (Å²) in [5.74, 6) is 0.559. The van der Waals surface area contributed by atoms with Gasteiger partial charge in [0.15, 0.2) is 0 Å². The maximum Gasteiger partial charge on any atom is 0.269 e. The molecule has 25 heavy (non-hydrogen) atoms. The number of amides is 1. The molecule has 3 rings (SSSR count). The van der Waals surface area contributed by atoms with Crippen LogP contribution in [-0.4, -0.2) is 33.0 Å². The number of H-pyrrole nitrogens is 1. The lowest BCUT2D eigenvalue weighted by molar-refractivity contribution is 0.0934. The summed E-state index contributed by atoms with van der Waals surface area (Å²) in [5, 5.41) is 14.3. The molecule has 0 aliphatic heterocycles. The van der Waals surface area contributed by atoms with Gasteiger partial charge in [-0.1, -0.05) is 0 Å². The SMILES string of the molecule is CCn1ccc(C(C)NC(=O)c2cc(-c3ccc(OC)cc3)n[nH]2)n1. The number of hydrogen-bond donors (Lipinski definition) is 2. The Kier molecular flexibility index (Phi) is 4.83. The number of rotatable bonds is 6. The van der Waals surface area contributed by atoms with Crippen LogP contribution in [0.2, 0.25) is 0 Å². The number of carbonyl (C=O) groups is 1. The van der Waals surface area contributed by atoms with Crippen LogP contribution in [0.4, 0.5) is 0 Å². The summed E-state index contributed by atoms with van der Waals surface area (Å²) in [6.07, 6.45) is 1.90. The van der Waals surface area contributed by atoms with Gasteiger partial charge in [0.05, 0.1) is 24.5 Å². The highest BCUT2D eigenvalue weighted by Gasteiger charge is 2.16. The van der Waals surface area contributed by atoms with Gasteiger partial charge in [-0.3, -0.25) is 14.6 Å². The van der Waals surface area contributed by atoms with E-state index in [0.29, 0.717) is 11.4 Å². The van der Waals surface area contributed by atoms with E-state index in [4.69, 9.17) is 4.74 Å². The summed E-state index contributed by atoms with van der Waals surface area (Å²) >= 11 is 0. The molecule has 0 aliphatic rings. The fourth-order valence-electron chi connectivity index (χ4n) is 2.48. The summed E-state index contributed by atoms with van der Waals surface area (Å²) < 4.78 is 6.97. The molecular weight excluding hydrogens is 318 g/mol. The van der Waals surface area contributed by atoms with Crippen molar-refractivity contribution in [1.29, 1.82) is 0 Å². The van der Waals surface area contributed by atoms with E-state index in [0.717, 1.165) is 23.6 Å². The maximum absolute atomic E-state index is 12.4. The molecule has 1 amide bonds. The van der Waals surface area contributed by atoms with Crippen molar-refractivity contribution in [1.82, 2.24) is 25.3 Å². The maximum atomic E-state index is 12.4. The zero-order valence-electron chi connectivity index (χ0n) is 14.5. The minimum Gasteiger partial charge on any atom is -0.497 e. The summed E-state index contributed by atoms with van der Waals surface area (Å²) in [6, 6.07) is 11.0. The number of ether oxygens (including phenoxy) is 1. The number of hydrogen-bond acceptors (Lipinski definition) is 4. The van der Waals surface area contributed by atoms with E-state index in [9.17, 15) is 4.79 Å². The normalized spacial score (nSPS) is 12.0. The molecule has 0 spiro atoms. The van der Waals surface area contributed by atoms with E-state index in [1.165, 1.54) is 0 Å². The van der Waals surface area contributed by atoms with Crippen LogP contribution < -0.4 is 10.1 Å². The first-order chi connectivity index (χ1) is 12.1. The highest BCUT2D eigenvalue weighted by Crippen LogP contribution is 2.21. The highest BCUT2D eigenvalue weighted by atomic mass is 16.5. The Morgan fingerprint density at radius 1 is 1.32 bits per heavy atom. The van der Waals surface area contributed by atoms with Gasteiger partial charge in [-0.25, -0.2) is 0 Å². The number of methoxy groups -OCH3 is 1. The minimum absolute atomic E-state index is 0.187. The van der Waals surface area contributed by atoms with Gasteiger partial charge in [0.2, 0.25) is 0 Å². The van der Waals surface area contributed by atoms with E-state index in [2.05, 4.69) is 20.6 Å². The van der Waals surface area contributed by atoms with Crippen LogP contribution in [0, 0.1) is 0 Å². The zero-order chi connectivity index (χ0) is 17.8. The summed E-state index contributed by atoms with van der Waals surface area (Å²) in [5.41, 5.74) is 2.85. The number of aromatic amines is 1. The molecule has 130 valence electrons. The summed E-state index contributed by atoms with van der Waals surface area (Å²) in [4.78, 5) is 12.4. The largest absolute Gasteiger partial charge is 0.497 e. The smallest absolute Gasteiger partial charge is 0.269 e. The second kappa shape index (κ2) is 7.21. The lowest BCUT2D eigenvalue weighted by Crippen LogP contribution is -2.27. The van der Waals surface area contributed by atoms with Crippen molar-refractivity contribution >= 4 is 5.91 Å². The topological polar surface area (TPSA) is 84.8 Å². The van der Waals surface area contributed by atoms with Gasteiger partial charge < -0.3 is 10.1 Å². The average Bonchev–Trinajstić information content (AvgIpc) is 3.31. The van der Waals surface area contributed by atoms with Gasteiger partial charge in [0.25, 0.3) is 5.91 Å². The van der Waals surface area contributed by atoms with Crippen LogP contribution in [0.1, 0.15) is 36.1 Å². The van der Waals surface area contributed by atoms with E-state index in [-0.39, 0.29) is 11.9 Å². The molecule has 7 heteroatoms. The Morgan fingerprint density at radius 3 is 2.72 bits per heavy atom. The first-order valence-electron chi connectivity index (χ1n) is 8.14. The Balaban J connectivity index is 1.69. The molecule has 0 fully saturated rings. The van der Waals surface area contributed by atoms with Crippen LogP contribution in [0.15, 0.2) is 42.6 Å². The van der Waals surface area contributed by atoms with Crippen LogP contribution in [-0.2, 0) is 6.54 Å². The predicted octanol–water partition coefficient (Wildman–Crippen LogP) is 2.79. The number of nitrogens with zero attached hydrogens (tertiary/aromatic N) is 3. The Bertz CT molecular complexity index is 850. The lowest BCUT2D eigenvalue weighted by Gasteiger charge is -2.10. The molecule has 2 N–H and O–H groups in total. The number of nitrogens with one attached hydrogen (secondary N) is 2. The van der Waals surface area contributed by atoms with Gasteiger partial charge in [-0.15, -0.1) is 0 Å². The van der Waals surface area contributed by atoms with Crippen molar-refractivity contribution in [3.05, 3.63) is 54.0 Å². The quantitative estimate of drug-likeness (QED) is 0.723. The molecule has 2 aromatic heterocycles. The third-order valence-corrected chi connectivity index (χ3v) is 3.98. The van der Waals surface area contributed by atoms with Crippen LogP contribution in [0.25, 0.3) is 11.3 Å². The lowest BCUT2D eigenvalue weighted by atomic mass is 10.1. The summed E-state index contributed by atoms with van der Waals surface area (Å²) in [6.45, 7) is 4.72. The second-order valence-corrected chi connectivity index (χ2v) is 5.69. The standard InChI is InChI=1S/C18H21N5O2/c1-4-23-10-9-15(22-23)12(2)19-18(24)17-11-16(20-21-17)13-5-7-14(25-3)8-6-13/h5-12H,4H2,1-3H3,(H,19,24)(H,20,21). The van der Waals surface area contributed by atoms with Crippen molar-refractivity contribution in [2.75, 3.05) is 7.11 Å². The van der Waals surface area contributed by atoms with E-state index in [1.54, 1.807) is 13.2 Å². The predicted molar refractivity (Wildman–Crippen MR) is 94.4 cm³/mol. The fourth-order valence-corrected chi connectivity index (χ4v) is 2.48. The molecule has 7 nitrogen and oxygen atoms in total. The zero-order valence-corrected chi connectivity index (χ0v) is 14.5. The van der Waals surface area contributed by atoms with E-state index in [1.807, 2.05) is 55.1 Å². The monoisotopic (exact) mass is 339 g/mol. The molecule has 3 aromatic rings. The molecule has 0 radical (unpaired) electrons. The van der Waals surface area contributed by atoms with Crippen molar-refractivity contribution in [2.45, 2.75) is 26.4 Å². The number of aromatic nitrogens is 4. The number of carbonyl (C=O) groups excluding carboxylic acids is 1. The molecule has 0 bridgehead atoms. The van der Waals surface area contributed by atoms with Crippen LogP contribution >= 0.6 is 0 Å². The second-order valence-electron chi connectivity index (χ2n) is 5.69. The highest BCUT2D eigenvalue weighted by molar-refractivity contribution is 5.93. The number of benzene rings is 1. The van der Waals surface area contributed by atoms with Crippen molar-refractivity contribution in [3.8, 4) is 17.0 Å².